The summed E-state index contributed by atoms with van der Waals surface area (Å²) >= 11 is 0. The fourth-order valence-corrected chi connectivity index (χ4v) is 11.7. The number of hydrogen-bond donors (Lipinski definition) is 0. The second kappa shape index (κ2) is 29.6. The SMILES string of the molecule is CC.CC.CCC(C)c1ccc(-c2ccccc2)cc1.CCCC(C)c1ccccc1-c1cccc(-c2cccc(-c3ccc4c(c3)Cc3cc(C)ccc3-4)c2C)c1C.Cc1ccc2c(c1)C(C)c1ccccc1-2.Cc1ccccc1. The van der Waals surface area contributed by atoms with Crippen LogP contribution in [0.3, 0.4) is 0 Å². The molecule has 10 aromatic rings. The molecule has 0 heterocycles. The van der Waals surface area contributed by atoms with Gasteiger partial charge in [0, 0.05) is 5.92 Å². The Morgan fingerprint density at radius 2 is 0.815 bits per heavy atom. The zero-order valence-corrected chi connectivity index (χ0v) is 51.4. The zero-order chi connectivity index (χ0) is 58.0. The number of benzene rings is 10. The van der Waals surface area contributed by atoms with Gasteiger partial charge in [-0.05, 0) is 177 Å². The molecule has 81 heavy (non-hydrogen) atoms. The van der Waals surface area contributed by atoms with Gasteiger partial charge in [-0.3, -0.25) is 0 Å². The lowest BCUT2D eigenvalue weighted by molar-refractivity contribution is 0.666. The lowest BCUT2D eigenvalue weighted by atomic mass is 9.84. The highest BCUT2D eigenvalue weighted by atomic mass is 14.3. The standard InChI is InChI=1S/C39H38.C16H18.C15H14.C7H8.2C2H6/c1-6-11-26(3)32-12-7-8-13-39(32)36-17-10-16-35(28(36)5)34-15-9-14-33(27(34)4)29-19-21-38-31(23-29)24-30-22-25(2)18-20-37(30)38;1-3-13(2)14-9-11-16(12-10-14)15-7-5-4-6-8-15;1-10-7-8-14-13-6-4-3-5-12(13)11(2)15(14)9-10;1-7-5-3-2-4-6-7;2*1-2/h7-10,12-23,26H,6,11,24H2,1-5H3;4-13H,3H2,1-2H3;3-9,11H,1-2H3;2-6H,1H3;2*1-2H3. The van der Waals surface area contributed by atoms with Crippen molar-refractivity contribution >= 4 is 0 Å². The number of rotatable bonds is 9. The van der Waals surface area contributed by atoms with Crippen LogP contribution in [0, 0.1) is 34.6 Å². The van der Waals surface area contributed by atoms with E-state index in [4.69, 9.17) is 0 Å². The first kappa shape index (κ1) is 60.8. The number of aryl methyl sites for hydroxylation is 3. The van der Waals surface area contributed by atoms with E-state index in [1.54, 1.807) is 0 Å². The molecule has 0 amide bonds. The van der Waals surface area contributed by atoms with Gasteiger partial charge in [0.25, 0.3) is 0 Å². The molecule has 0 fully saturated rings. The number of hydrogen-bond acceptors (Lipinski definition) is 0. The third-order valence-electron chi connectivity index (χ3n) is 16.3. The van der Waals surface area contributed by atoms with Crippen LogP contribution in [0.25, 0.3) is 66.8 Å². The second-order valence-electron chi connectivity index (χ2n) is 21.8. The molecule has 0 heteroatoms. The first-order valence-corrected chi connectivity index (χ1v) is 30.3. The summed E-state index contributed by atoms with van der Waals surface area (Å²) in [6, 6.07) is 81.8. The fourth-order valence-electron chi connectivity index (χ4n) is 11.7. The summed E-state index contributed by atoms with van der Waals surface area (Å²) in [6.07, 6.45) is 4.64. The molecule has 0 spiro atoms. The Bertz CT molecular complexity index is 3570. The zero-order valence-electron chi connectivity index (χ0n) is 51.4. The summed E-state index contributed by atoms with van der Waals surface area (Å²) in [4.78, 5) is 0. The van der Waals surface area contributed by atoms with Crippen LogP contribution in [-0.4, -0.2) is 0 Å². The van der Waals surface area contributed by atoms with Crippen molar-refractivity contribution in [1.29, 1.82) is 0 Å². The van der Waals surface area contributed by atoms with E-state index in [-0.39, 0.29) is 0 Å². The van der Waals surface area contributed by atoms with Gasteiger partial charge in [-0.2, -0.15) is 0 Å². The Morgan fingerprint density at radius 1 is 0.358 bits per heavy atom. The average molecular weight is 1060 g/mol. The van der Waals surface area contributed by atoms with Crippen LogP contribution in [-0.2, 0) is 6.42 Å². The highest BCUT2D eigenvalue weighted by molar-refractivity contribution is 5.87. The van der Waals surface area contributed by atoms with Crippen LogP contribution in [0.15, 0.2) is 224 Å². The topological polar surface area (TPSA) is 0 Å². The van der Waals surface area contributed by atoms with Gasteiger partial charge in [-0.25, -0.2) is 0 Å². The van der Waals surface area contributed by atoms with E-state index in [0.717, 1.165) is 6.42 Å². The summed E-state index contributed by atoms with van der Waals surface area (Å²) < 4.78 is 0. The minimum absolute atomic E-state index is 0.550. The van der Waals surface area contributed by atoms with E-state index in [9.17, 15) is 0 Å². The minimum Gasteiger partial charge on any atom is -0.0683 e. The van der Waals surface area contributed by atoms with Crippen molar-refractivity contribution in [1.82, 2.24) is 0 Å². The molecule has 0 radical (unpaired) electrons. The molecule has 0 nitrogen and oxygen atoms in total. The summed E-state index contributed by atoms with van der Waals surface area (Å²) in [5.74, 6) is 1.76. The van der Waals surface area contributed by atoms with E-state index < -0.39 is 0 Å². The monoisotopic (exact) mass is 1060 g/mol. The van der Waals surface area contributed by atoms with Crippen molar-refractivity contribution in [3.8, 4) is 66.8 Å². The molecular formula is C81H90. The van der Waals surface area contributed by atoms with Gasteiger partial charge in [-0.1, -0.05) is 310 Å². The third kappa shape index (κ3) is 14.6. The Labute approximate surface area is 490 Å². The average Bonchev–Trinajstić information content (AvgIpc) is 4.04. The smallest absolute Gasteiger partial charge is 0.00734 e. The maximum Gasteiger partial charge on any atom is 0.00734 e. The van der Waals surface area contributed by atoms with Crippen LogP contribution < -0.4 is 0 Å². The summed E-state index contributed by atoms with van der Waals surface area (Å²) in [7, 11) is 0. The van der Waals surface area contributed by atoms with Gasteiger partial charge in [0.1, 0.15) is 0 Å². The summed E-state index contributed by atoms with van der Waals surface area (Å²) in [5, 5.41) is 0. The fraction of sp³-hybridized carbons (Fsp3) is 0.259. The van der Waals surface area contributed by atoms with Gasteiger partial charge < -0.3 is 0 Å². The lowest BCUT2D eigenvalue weighted by Crippen LogP contribution is -1.98. The van der Waals surface area contributed by atoms with Crippen molar-refractivity contribution in [3.05, 3.63) is 286 Å². The first-order chi connectivity index (χ1) is 39.4. The van der Waals surface area contributed by atoms with Gasteiger partial charge >= 0.3 is 0 Å². The highest BCUT2D eigenvalue weighted by Crippen LogP contribution is 2.45. The maximum atomic E-state index is 2.42. The predicted molar refractivity (Wildman–Crippen MR) is 357 cm³/mol. The Hall–Kier alpha value is -7.80. The lowest BCUT2D eigenvalue weighted by Gasteiger charge is -2.20. The molecule has 0 aromatic heterocycles. The summed E-state index contributed by atoms with van der Waals surface area (Å²) in [6.45, 7) is 30.5. The van der Waals surface area contributed by atoms with E-state index >= 15 is 0 Å². The van der Waals surface area contributed by atoms with Crippen molar-refractivity contribution in [2.75, 3.05) is 0 Å². The van der Waals surface area contributed by atoms with E-state index in [0.29, 0.717) is 17.8 Å². The van der Waals surface area contributed by atoms with Crippen molar-refractivity contribution in [2.24, 2.45) is 0 Å². The summed E-state index contributed by atoms with van der Waals surface area (Å²) in [5.41, 5.74) is 31.7. The molecule has 0 saturated heterocycles. The van der Waals surface area contributed by atoms with E-state index in [1.807, 2.05) is 45.9 Å². The van der Waals surface area contributed by atoms with Gasteiger partial charge in [-0.15, -0.1) is 0 Å². The molecule has 12 rings (SSSR count). The van der Waals surface area contributed by atoms with Crippen LogP contribution in [0.1, 0.15) is 161 Å². The molecule has 3 atom stereocenters. The van der Waals surface area contributed by atoms with E-state index in [1.165, 1.54) is 147 Å². The minimum atomic E-state index is 0.550. The van der Waals surface area contributed by atoms with Gasteiger partial charge in [0.15, 0.2) is 0 Å². The molecule has 10 aromatic carbocycles. The van der Waals surface area contributed by atoms with Crippen molar-refractivity contribution < 1.29 is 0 Å². The molecule has 0 saturated carbocycles. The Morgan fingerprint density at radius 3 is 1.42 bits per heavy atom. The molecule has 0 N–H and O–H groups in total. The van der Waals surface area contributed by atoms with Crippen LogP contribution >= 0.6 is 0 Å². The molecule has 2 aliphatic rings. The third-order valence-corrected chi connectivity index (χ3v) is 16.3. The predicted octanol–water partition coefficient (Wildman–Crippen LogP) is 24.1. The van der Waals surface area contributed by atoms with Crippen molar-refractivity contribution in [3.63, 3.8) is 0 Å². The molecule has 414 valence electrons. The molecule has 0 bridgehead atoms. The molecule has 3 unspecified atom stereocenters. The first-order valence-electron chi connectivity index (χ1n) is 30.3. The van der Waals surface area contributed by atoms with Crippen LogP contribution in [0.4, 0.5) is 0 Å². The Kier molecular flexibility index (Phi) is 22.2. The van der Waals surface area contributed by atoms with Gasteiger partial charge in [0.05, 0.1) is 0 Å². The molecule has 2 aliphatic carbocycles. The maximum absolute atomic E-state index is 2.42. The molecular weight excluding hydrogens is 973 g/mol. The van der Waals surface area contributed by atoms with Gasteiger partial charge in [0.2, 0.25) is 0 Å². The highest BCUT2D eigenvalue weighted by Gasteiger charge is 2.25. The second-order valence-corrected chi connectivity index (χ2v) is 21.8. The van der Waals surface area contributed by atoms with E-state index in [2.05, 4.69) is 275 Å². The normalized spacial score (nSPS) is 12.7. The number of fused-ring (bicyclic) bond motifs is 6. The molecule has 0 aliphatic heterocycles. The van der Waals surface area contributed by atoms with Crippen LogP contribution in [0.5, 0.6) is 0 Å². The Balaban J connectivity index is 0.000000183. The van der Waals surface area contributed by atoms with Crippen molar-refractivity contribution in [2.45, 2.75) is 140 Å². The largest absolute Gasteiger partial charge is 0.0683 e. The quantitative estimate of drug-likeness (QED) is 0.135. The van der Waals surface area contributed by atoms with Crippen LogP contribution in [0.2, 0.25) is 0 Å².